The van der Waals surface area contributed by atoms with Crippen LogP contribution in [-0.2, 0) is 4.79 Å². The van der Waals surface area contributed by atoms with Crippen molar-refractivity contribution in [2.75, 3.05) is 36.9 Å². The van der Waals surface area contributed by atoms with E-state index < -0.39 is 0 Å². The van der Waals surface area contributed by atoms with Gasteiger partial charge in [-0.3, -0.25) is 9.69 Å². The van der Waals surface area contributed by atoms with E-state index in [1.807, 2.05) is 18.2 Å². The third kappa shape index (κ3) is 4.96. The lowest BCUT2D eigenvalue weighted by Gasteiger charge is -2.34. The van der Waals surface area contributed by atoms with Gasteiger partial charge in [0.05, 0.1) is 0 Å². The molecular formula is C18H28N4O2. The summed E-state index contributed by atoms with van der Waals surface area (Å²) in [5.41, 5.74) is 1.43. The third-order valence-corrected chi connectivity index (χ3v) is 4.62. The fourth-order valence-electron chi connectivity index (χ4n) is 3.07. The van der Waals surface area contributed by atoms with Gasteiger partial charge in [0.2, 0.25) is 5.91 Å². The molecule has 1 aliphatic rings. The number of anilines is 2. The highest BCUT2D eigenvalue weighted by Crippen LogP contribution is 2.19. The van der Waals surface area contributed by atoms with Crippen LogP contribution in [0.4, 0.5) is 16.2 Å². The Labute approximate surface area is 144 Å². The minimum Gasteiger partial charge on any atom is -0.336 e. The minimum absolute atomic E-state index is 0.0476. The van der Waals surface area contributed by atoms with Crippen LogP contribution in [-0.4, -0.2) is 49.6 Å². The number of carbonyl (C=O) groups is 2. The van der Waals surface area contributed by atoms with Crippen molar-refractivity contribution in [1.29, 1.82) is 0 Å². The van der Waals surface area contributed by atoms with Crippen LogP contribution in [0.1, 0.15) is 33.1 Å². The number of likely N-dealkylation sites (N-methyl/N-ethyl adjacent to an activating group) is 1. The molecule has 2 N–H and O–H groups in total. The summed E-state index contributed by atoms with van der Waals surface area (Å²) in [5, 5.41) is 5.81. The first-order valence-corrected chi connectivity index (χ1v) is 8.64. The minimum atomic E-state index is -0.209. The maximum absolute atomic E-state index is 12.1. The quantitative estimate of drug-likeness (QED) is 0.871. The molecule has 0 saturated carbocycles. The van der Waals surface area contributed by atoms with Crippen LogP contribution < -0.4 is 15.5 Å². The van der Waals surface area contributed by atoms with Gasteiger partial charge in [0.1, 0.15) is 0 Å². The van der Waals surface area contributed by atoms with Crippen molar-refractivity contribution in [1.82, 2.24) is 10.2 Å². The van der Waals surface area contributed by atoms with Crippen molar-refractivity contribution in [3.05, 3.63) is 24.3 Å². The summed E-state index contributed by atoms with van der Waals surface area (Å²) in [6.07, 6.45) is 3.60. The number of likely N-dealkylation sites (tertiary alicyclic amines) is 1. The van der Waals surface area contributed by atoms with Crippen LogP contribution >= 0.6 is 0 Å². The summed E-state index contributed by atoms with van der Waals surface area (Å²) in [6.45, 7) is 6.47. The molecule has 1 fully saturated rings. The van der Waals surface area contributed by atoms with Crippen LogP contribution in [0.3, 0.4) is 0 Å². The Hall–Kier alpha value is -2.08. The van der Waals surface area contributed by atoms with Crippen molar-refractivity contribution in [2.24, 2.45) is 0 Å². The van der Waals surface area contributed by atoms with Crippen molar-refractivity contribution < 1.29 is 9.59 Å². The Bertz CT molecular complexity index is 576. The van der Waals surface area contributed by atoms with Gasteiger partial charge in [0.15, 0.2) is 0 Å². The Morgan fingerprint density at radius 3 is 2.83 bits per heavy atom. The standard InChI is InChI=1S/C18H28N4O2/c1-4-22-11-6-5-9-17(22)13-19-18(24)20-15-8-7-10-16(12-15)21(3)14(2)23/h7-8,10,12,17H,4-6,9,11,13H2,1-3H3,(H2,19,20,24). The smallest absolute Gasteiger partial charge is 0.319 e. The van der Waals surface area contributed by atoms with Gasteiger partial charge in [-0.15, -0.1) is 0 Å². The van der Waals surface area contributed by atoms with E-state index in [2.05, 4.69) is 22.5 Å². The predicted molar refractivity (Wildman–Crippen MR) is 97.4 cm³/mol. The number of benzene rings is 1. The second-order valence-corrected chi connectivity index (χ2v) is 6.24. The van der Waals surface area contributed by atoms with E-state index in [4.69, 9.17) is 0 Å². The summed E-state index contributed by atoms with van der Waals surface area (Å²) >= 11 is 0. The second kappa shape index (κ2) is 8.68. The monoisotopic (exact) mass is 332 g/mol. The molecule has 6 heteroatoms. The van der Waals surface area contributed by atoms with Crippen LogP contribution in [0.15, 0.2) is 24.3 Å². The largest absolute Gasteiger partial charge is 0.336 e. The van der Waals surface area contributed by atoms with Gasteiger partial charge in [-0.25, -0.2) is 4.79 Å². The summed E-state index contributed by atoms with van der Waals surface area (Å²) in [7, 11) is 1.71. The van der Waals surface area contributed by atoms with Crippen LogP contribution in [0, 0.1) is 0 Å². The summed E-state index contributed by atoms with van der Waals surface area (Å²) < 4.78 is 0. The third-order valence-electron chi connectivity index (χ3n) is 4.62. The van der Waals surface area contributed by atoms with Crippen molar-refractivity contribution in [3.8, 4) is 0 Å². The van der Waals surface area contributed by atoms with Crippen molar-refractivity contribution in [3.63, 3.8) is 0 Å². The lowest BCUT2D eigenvalue weighted by Crippen LogP contribution is -2.47. The van der Waals surface area contributed by atoms with Crippen molar-refractivity contribution in [2.45, 2.75) is 39.2 Å². The molecule has 1 aromatic rings. The van der Waals surface area contributed by atoms with Gasteiger partial charge in [-0.1, -0.05) is 19.4 Å². The van der Waals surface area contributed by atoms with Gasteiger partial charge >= 0.3 is 6.03 Å². The SMILES string of the molecule is CCN1CCCCC1CNC(=O)Nc1cccc(N(C)C(C)=O)c1. The van der Waals surface area contributed by atoms with E-state index in [9.17, 15) is 9.59 Å². The van der Waals surface area contributed by atoms with Crippen molar-refractivity contribution >= 4 is 23.3 Å². The zero-order valence-corrected chi connectivity index (χ0v) is 14.8. The summed E-state index contributed by atoms with van der Waals surface area (Å²) in [6, 6.07) is 7.48. The van der Waals surface area contributed by atoms with E-state index >= 15 is 0 Å². The number of urea groups is 1. The predicted octanol–water partition coefficient (Wildman–Crippen LogP) is 2.67. The highest BCUT2D eigenvalue weighted by molar-refractivity contribution is 5.93. The molecule has 1 aliphatic heterocycles. The molecule has 1 heterocycles. The van der Waals surface area contributed by atoms with Crippen LogP contribution in [0.25, 0.3) is 0 Å². The summed E-state index contributed by atoms with van der Waals surface area (Å²) in [4.78, 5) is 27.5. The molecule has 6 nitrogen and oxygen atoms in total. The molecule has 2 rings (SSSR count). The molecule has 0 spiro atoms. The molecule has 1 aromatic carbocycles. The highest BCUT2D eigenvalue weighted by Gasteiger charge is 2.21. The Balaban J connectivity index is 1.88. The number of hydrogen-bond acceptors (Lipinski definition) is 3. The average Bonchev–Trinajstić information content (AvgIpc) is 2.59. The first-order chi connectivity index (χ1) is 11.5. The average molecular weight is 332 g/mol. The normalized spacial score (nSPS) is 18.0. The van der Waals surface area contributed by atoms with Gasteiger partial charge < -0.3 is 15.5 Å². The number of piperidine rings is 1. The molecule has 1 unspecified atom stereocenters. The number of hydrogen-bond donors (Lipinski definition) is 2. The molecule has 24 heavy (non-hydrogen) atoms. The molecular weight excluding hydrogens is 304 g/mol. The van der Waals surface area contributed by atoms with Crippen LogP contribution in [0.2, 0.25) is 0 Å². The first-order valence-electron chi connectivity index (χ1n) is 8.64. The Kier molecular flexibility index (Phi) is 6.61. The topological polar surface area (TPSA) is 64.7 Å². The highest BCUT2D eigenvalue weighted by atomic mass is 16.2. The zero-order valence-electron chi connectivity index (χ0n) is 14.8. The second-order valence-electron chi connectivity index (χ2n) is 6.24. The van der Waals surface area contributed by atoms with E-state index in [0.29, 0.717) is 18.3 Å². The van der Waals surface area contributed by atoms with Gasteiger partial charge in [0.25, 0.3) is 0 Å². The van der Waals surface area contributed by atoms with E-state index in [1.54, 1.807) is 18.0 Å². The molecule has 3 amide bonds. The fourth-order valence-corrected chi connectivity index (χ4v) is 3.07. The van der Waals surface area contributed by atoms with E-state index in [1.165, 1.54) is 19.8 Å². The lowest BCUT2D eigenvalue weighted by atomic mass is 10.0. The number of nitrogens with zero attached hydrogens (tertiary/aromatic N) is 2. The molecule has 0 aromatic heterocycles. The Morgan fingerprint density at radius 2 is 2.12 bits per heavy atom. The first kappa shape index (κ1) is 18.3. The summed E-state index contributed by atoms with van der Waals surface area (Å²) in [5.74, 6) is -0.0476. The molecule has 0 aliphatic carbocycles. The van der Waals surface area contributed by atoms with Crippen LogP contribution in [0.5, 0.6) is 0 Å². The number of carbonyl (C=O) groups excluding carboxylic acids is 2. The molecule has 0 radical (unpaired) electrons. The maximum Gasteiger partial charge on any atom is 0.319 e. The lowest BCUT2D eigenvalue weighted by molar-refractivity contribution is -0.116. The zero-order chi connectivity index (χ0) is 17.5. The van der Waals surface area contributed by atoms with E-state index in [0.717, 1.165) is 25.2 Å². The van der Waals surface area contributed by atoms with E-state index in [-0.39, 0.29) is 11.9 Å². The van der Waals surface area contributed by atoms with Gasteiger partial charge in [-0.2, -0.15) is 0 Å². The molecule has 132 valence electrons. The molecule has 1 saturated heterocycles. The number of rotatable bonds is 5. The Morgan fingerprint density at radius 1 is 1.33 bits per heavy atom. The number of amides is 3. The maximum atomic E-state index is 12.1. The van der Waals surface area contributed by atoms with Gasteiger partial charge in [-0.05, 0) is 44.1 Å². The molecule has 0 bridgehead atoms. The van der Waals surface area contributed by atoms with Gasteiger partial charge in [0, 0.05) is 37.9 Å². The number of nitrogens with one attached hydrogen (secondary N) is 2. The molecule has 1 atom stereocenters. The fraction of sp³-hybridized carbons (Fsp3) is 0.556.